The second-order valence-electron chi connectivity index (χ2n) is 3.05. The molecule has 6 heteroatoms. The number of nitrogen functional groups attached to an aromatic ring is 1. The highest BCUT2D eigenvalue weighted by Gasteiger charge is 2.08. The van der Waals surface area contributed by atoms with Crippen LogP contribution >= 0.6 is 0 Å². The fourth-order valence-electron chi connectivity index (χ4n) is 1.32. The molecule has 0 unspecified atom stereocenters. The van der Waals surface area contributed by atoms with Gasteiger partial charge < -0.3 is 10.3 Å². The van der Waals surface area contributed by atoms with Crippen LogP contribution in [0, 0.1) is 0 Å². The highest BCUT2D eigenvalue weighted by molar-refractivity contribution is 5.53. The van der Waals surface area contributed by atoms with Crippen molar-refractivity contribution in [3.05, 3.63) is 12.4 Å². The van der Waals surface area contributed by atoms with Gasteiger partial charge in [0.1, 0.15) is 17.8 Å². The first-order valence-electron chi connectivity index (χ1n) is 4.50. The number of nitrogens with zero attached hydrogens (tertiary/aromatic N) is 4. The lowest BCUT2D eigenvalue weighted by molar-refractivity contribution is 0.681. The maximum atomic E-state index is 5.51. The number of nitrogens with two attached hydrogens (primary N) is 1. The SMILES string of the molecule is CCCn1cnnc1-c1cc(N)n[nH]1. The van der Waals surface area contributed by atoms with Gasteiger partial charge in [0.05, 0.1) is 0 Å². The molecule has 0 radical (unpaired) electrons. The summed E-state index contributed by atoms with van der Waals surface area (Å²) >= 11 is 0. The Morgan fingerprint density at radius 2 is 2.43 bits per heavy atom. The van der Waals surface area contributed by atoms with Crippen LogP contribution in [0.15, 0.2) is 12.4 Å². The number of H-pyrrole nitrogens is 1. The molecule has 0 spiro atoms. The minimum absolute atomic E-state index is 0.464. The molecule has 0 aliphatic heterocycles. The van der Waals surface area contributed by atoms with Gasteiger partial charge in [-0.25, -0.2) is 0 Å². The lowest BCUT2D eigenvalue weighted by atomic mass is 10.4. The van der Waals surface area contributed by atoms with Gasteiger partial charge in [0.2, 0.25) is 0 Å². The summed E-state index contributed by atoms with van der Waals surface area (Å²) in [6, 6.07) is 1.75. The first-order chi connectivity index (χ1) is 6.81. The van der Waals surface area contributed by atoms with Crippen molar-refractivity contribution in [1.29, 1.82) is 0 Å². The molecule has 2 rings (SSSR count). The Morgan fingerprint density at radius 1 is 1.57 bits per heavy atom. The summed E-state index contributed by atoms with van der Waals surface area (Å²) in [5, 5.41) is 14.5. The molecule has 0 saturated carbocycles. The van der Waals surface area contributed by atoms with E-state index < -0.39 is 0 Å². The summed E-state index contributed by atoms with van der Waals surface area (Å²) in [4.78, 5) is 0. The number of hydrogen-bond donors (Lipinski definition) is 2. The predicted octanol–water partition coefficient (Wildman–Crippen LogP) is 0.660. The van der Waals surface area contributed by atoms with E-state index in [0.717, 1.165) is 24.5 Å². The van der Waals surface area contributed by atoms with Gasteiger partial charge >= 0.3 is 0 Å². The molecule has 2 aromatic rings. The summed E-state index contributed by atoms with van der Waals surface area (Å²) in [5.74, 6) is 1.24. The van der Waals surface area contributed by atoms with E-state index in [2.05, 4.69) is 27.3 Å². The van der Waals surface area contributed by atoms with Gasteiger partial charge in [0, 0.05) is 12.6 Å². The molecule has 0 atom stereocenters. The quantitative estimate of drug-likeness (QED) is 0.748. The average molecular weight is 192 g/mol. The number of rotatable bonds is 3. The minimum atomic E-state index is 0.464. The first-order valence-corrected chi connectivity index (χ1v) is 4.50. The largest absolute Gasteiger partial charge is 0.382 e. The third-order valence-electron chi connectivity index (χ3n) is 1.92. The zero-order valence-corrected chi connectivity index (χ0v) is 7.94. The van der Waals surface area contributed by atoms with Gasteiger partial charge in [-0.1, -0.05) is 6.92 Å². The number of aryl methyl sites for hydroxylation is 1. The fraction of sp³-hybridized carbons (Fsp3) is 0.375. The van der Waals surface area contributed by atoms with Crippen LogP contribution < -0.4 is 5.73 Å². The monoisotopic (exact) mass is 192 g/mol. The third kappa shape index (κ3) is 1.46. The van der Waals surface area contributed by atoms with E-state index in [4.69, 9.17) is 5.73 Å². The molecule has 0 aromatic carbocycles. The fourth-order valence-corrected chi connectivity index (χ4v) is 1.32. The third-order valence-corrected chi connectivity index (χ3v) is 1.92. The van der Waals surface area contributed by atoms with Crippen LogP contribution in [0.1, 0.15) is 13.3 Å². The van der Waals surface area contributed by atoms with E-state index in [1.165, 1.54) is 0 Å². The summed E-state index contributed by atoms with van der Waals surface area (Å²) in [6.07, 6.45) is 2.74. The number of anilines is 1. The average Bonchev–Trinajstić information content (AvgIpc) is 2.74. The molecular formula is C8H12N6. The maximum Gasteiger partial charge on any atom is 0.181 e. The van der Waals surface area contributed by atoms with Gasteiger partial charge in [-0.3, -0.25) is 5.10 Å². The highest BCUT2D eigenvalue weighted by atomic mass is 15.3. The first kappa shape index (κ1) is 8.74. The number of aromatic amines is 1. The van der Waals surface area contributed by atoms with Gasteiger partial charge in [0.25, 0.3) is 0 Å². The van der Waals surface area contributed by atoms with Crippen LogP contribution in [-0.4, -0.2) is 25.0 Å². The Bertz CT molecular complexity index is 415. The molecule has 6 nitrogen and oxygen atoms in total. The van der Waals surface area contributed by atoms with E-state index in [1.54, 1.807) is 12.4 Å². The topological polar surface area (TPSA) is 85.4 Å². The maximum absolute atomic E-state index is 5.51. The van der Waals surface area contributed by atoms with Crippen molar-refractivity contribution < 1.29 is 0 Å². The second kappa shape index (κ2) is 3.49. The van der Waals surface area contributed by atoms with Gasteiger partial charge in [-0.05, 0) is 6.42 Å². The molecule has 0 amide bonds. The van der Waals surface area contributed by atoms with Crippen molar-refractivity contribution in [3.8, 4) is 11.5 Å². The van der Waals surface area contributed by atoms with Crippen molar-refractivity contribution in [3.63, 3.8) is 0 Å². The van der Waals surface area contributed by atoms with Crippen LogP contribution in [0.3, 0.4) is 0 Å². The van der Waals surface area contributed by atoms with Crippen molar-refractivity contribution in [2.24, 2.45) is 0 Å². The van der Waals surface area contributed by atoms with Crippen LogP contribution in [0.2, 0.25) is 0 Å². The van der Waals surface area contributed by atoms with E-state index >= 15 is 0 Å². The van der Waals surface area contributed by atoms with Crippen LogP contribution in [0.5, 0.6) is 0 Å². The van der Waals surface area contributed by atoms with E-state index in [1.807, 2.05) is 4.57 Å². The summed E-state index contributed by atoms with van der Waals surface area (Å²) in [6.45, 7) is 2.99. The van der Waals surface area contributed by atoms with Gasteiger partial charge in [0.15, 0.2) is 5.82 Å². The predicted molar refractivity (Wildman–Crippen MR) is 52.3 cm³/mol. The minimum Gasteiger partial charge on any atom is -0.382 e. The smallest absolute Gasteiger partial charge is 0.181 e. The summed E-state index contributed by atoms with van der Waals surface area (Å²) < 4.78 is 1.97. The summed E-state index contributed by atoms with van der Waals surface area (Å²) in [7, 11) is 0. The Morgan fingerprint density at radius 3 is 3.07 bits per heavy atom. The molecule has 0 fully saturated rings. The molecule has 0 aliphatic carbocycles. The Kier molecular flexibility index (Phi) is 2.18. The summed E-state index contributed by atoms with van der Waals surface area (Å²) in [5.41, 5.74) is 6.31. The lowest BCUT2D eigenvalue weighted by Gasteiger charge is -2.01. The Labute approximate surface area is 81.1 Å². The molecule has 0 bridgehead atoms. The Balaban J connectivity index is 2.36. The standard InChI is InChI=1S/C8H12N6/c1-2-3-14-5-10-13-8(14)6-4-7(9)12-11-6/h4-5H,2-3H2,1H3,(H3,9,11,12). The van der Waals surface area contributed by atoms with Crippen molar-refractivity contribution in [1.82, 2.24) is 25.0 Å². The number of nitrogens with one attached hydrogen (secondary N) is 1. The molecular weight excluding hydrogens is 180 g/mol. The van der Waals surface area contributed by atoms with Gasteiger partial charge in [-0.15, -0.1) is 10.2 Å². The van der Waals surface area contributed by atoms with Crippen LogP contribution in [0.25, 0.3) is 11.5 Å². The zero-order valence-electron chi connectivity index (χ0n) is 7.94. The number of hydrogen-bond acceptors (Lipinski definition) is 4. The molecule has 74 valence electrons. The Hall–Kier alpha value is -1.85. The van der Waals surface area contributed by atoms with Crippen LogP contribution in [0.4, 0.5) is 5.82 Å². The molecule has 0 saturated heterocycles. The molecule has 2 heterocycles. The van der Waals surface area contributed by atoms with E-state index in [9.17, 15) is 0 Å². The number of aromatic nitrogens is 5. The van der Waals surface area contributed by atoms with Crippen molar-refractivity contribution in [2.45, 2.75) is 19.9 Å². The van der Waals surface area contributed by atoms with Crippen molar-refractivity contribution in [2.75, 3.05) is 5.73 Å². The van der Waals surface area contributed by atoms with Crippen molar-refractivity contribution >= 4 is 5.82 Å². The van der Waals surface area contributed by atoms with Crippen LogP contribution in [-0.2, 0) is 6.54 Å². The lowest BCUT2D eigenvalue weighted by Crippen LogP contribution is -1.98. The molecule has 0 aliphatic rings. The molecule has 2 aromatic heterocycles. The van der Waals surface area contributed by atoms with E-state index in [-0.39, 0.29) is 0 Å². The molecule has 14 heavy (non-hydrogen) atoms. The zero-order chi connectivity index (χ0) is 9.97. The normalized spacial score (nSPS) is 10.6. The van der Waals surface area contributed by atoms with Gasteiger partial charge in [-0.2, -0.15) is 5.10 Å². The second-order valence-corrected chi connectivity index (χ2v) is 3.05. The van der Waals surface area contributed by atoms with E-state index in [0.29, 0.717) is 5.82 Å². The highest BCUT2D eigenvalue weighted by Crippen LogP contribution is 2.15. The molecule has 3 N–H and O–H groups in total.